The second-order valence-electron chi connectivity index (χ2n) is 3.14. The predicted molar refractivity (Wildman–Crippen MR) is 62.9 cm³/mol. The Balaban J connectivity index is 4.09. The van der Waals surface area contributed by atoms with Crippen LogP contribution in [-0.4, -0.2) is 11.1 Å². The Bertz CT molecular complexity index is 255. The van der Waals surface area contributed by atoms with Crippen molar-refractivity contribution in [2.45, 2.75) is 32.6 Å². The molecule has 2 nitrogen and oxygen atoms in total. The third-order valence-electron chi connectivity index (χ3n) is 1.20. The first-order chi connectivity index (χ1) is 6.41. The molecule has 0 aromatic heterocycles. The lowest BCUT2D eigenvalue weighted by Gasteiger charge is -2.04. The van der Waals surface area contributed by atoms with E-state index >= 15 is 0 Å². The SMILES string of the molecule is C=C(Cl)CC(Cl)/C=C(\C)ON=C(C)C. The number of allylic oxidation sites excluding steroid dienone is 3. The fourth-order valence-corrected chi connectivity index (χ4v) is 1.33. The average molecular weight is 236 g/mol. The molecule has 1 unspecified atom stereocenters. The molecule has 0 aliphatic heterocycles. The van der Waals surface area contributed by atoms with Gasteiger partial charge in [-0.3, -0.25) is 0 Å². The van der Waals surface area contributed by atoms with Gasteiger partial charge in [0.25, 0.3) is 0 Å². The second-order valence-corrected chi connectivity index (χ2v) is 4.24. The highest BCUT2D eigenvalue weighted by molar-refractivity contribution is 6.30. The molecule has 0 aromatic rings. The molecule has 0 aromatic carbocycles. The molecule has 80 valence electrons. The second kappa shape index (κ2) is 6.91. The number of hydrogen-bond acceptors (Lipinski definition) is 2. The van der Waals surface area contributed by atoms with Crippen LogP contribution in [0.5, 0.6) is 0 Å². The van der Waals surface area contributed by atoms with Gasteiger partial charge in [-0.25, -0.2) is 0 Å². The van der Waals surface area contributed by atoms with Crippen molar-refractivity contribution in [1.29, 1.82) is 0 Å². The Kier molecular flexibility index (Phi) is 6.67. The molecule has 0 saturated heterocycles. The zero-order chi connectivity index (χ0) is 11.1. The molecule has 0 heterocycles. The lowest BCUT2D eigenvalue weighted by molar-refractivity contribution is 0.228. The molecule has 0 rings (SSSR count). The molecular weight excluding hydrogens is 221 g/mol. The van der Waals surface area contributed by atoms with Crippen LogP contribution in [0.1, 0.15) is 27.2 Å². The van der Waals surface area contributed by atoms with Crippen LogP contribution in [0.3, 0.4) is 0 Å². The summed E-state index contributed by atoms with van der Waals surface area (Å²) in [5.41, 5.74) is 0.852. The molecule has 14 heavy (non-hydrogen) atoms. The average Bonchev–Trinajstić information content (AvgIpc) is 1.98. The summed E-state index contributed by atoms with van der Waals surface area (Å²) in [6.45, 7) is 9.06. The lowest BCUT2D eigenvalue weighted by atomic mass is 10.2. The maximum Gasteiger partial charge on any atom is 0.129 e. The number of hydrogen-bond donors (Lipinski definition) is 0. The zero-order valence-corrected chi connectivity index (χ0v) is 10.2. The third kappa shape index (κ3) is 8.14. The van der Waals surface area contributed by atoms with Gasteiger partial charge in [0.2, 0.25) is 0 Å². The minimum atomic E-state index is -0.202. The summed E-state index contributed by atoms with van der Waals surface area (Å²) in [6, 6.07) is 0. The Labute approximate surface area is 95.2 Å². The van der Waals surface area contributed by atoms with Gasteiger partial charge in [0.1, 0.15) is 5.76 Å². The molecule has 4 heteroatoms. The van der Waals surface area contributed by atoms with Gasteiger partial charge in [-0.15, -0.1) is 11.6 Å². The Morgan fingerprint density at radius 3 is 2.50 bits per heavy atom. The molecule has 0 saturated carbocycles. The number of nitrogens with zero attached hydrogens (tertiary/aromatic N) is 1. The summed E-state index contributed by atoms with van der Waals surface area (Å²) >= 11 is 11.5. The fraction of sp³-hybridized carbons (Fsp3) is 0.500. The van der Waals surface area contributed by atoms with E-state index in [1.54, 1.807) is 13.0 Å². The summed E-state index contributed by atoms with van der Waals surface area (Å²) in [4.78, 5) is 5.05. The monoisotopic (exact) mass is 235 g/mol. The van der Waals surface area contributed by atoms with E-state index in [0.29, 0.717) is 17.2 Å². The van der Waals surface area contributed by atoms with Gasteiger partial charge < -0.3 is 4.84 Å². The van der Waals surface area contributed by atoms with Crippen molar-refractivity contribution in [3.05, 3.63) is 23.4 Å². The highest BCUT2D eigenvalue weighted by Gasteiger charge is 2.03. The number of rotatable bonds is 5. The molecule has 0 aliphatic rings. The summed E-state index contributed by atoms with van der Waals surface area (Å²) < 4.78 is 0. The van der Waals surface area contributed by atoms with Crippen LogP contribution in [-0.2, 0) is 4.84 Å². The molecule has 0 spiro atoms. The molecule has 0 radical (unpaired) electrons. The number of halogens is 2. The first-order valence-electron chi connectivity index (χ1n) is 4.25. The highest BCUT2D eigenvalue weighted by Crippen LogP contribution is 2.15. The van der Waals surface area contributed by atoms with E-state index in [9.17, 15) is 0 Å². The molecule has 0 amide bonds. The maximum absolute atomic E-state index is 5.94. The third-order valence-corrected chi connectivity index (χ3v) is 1.64. The summed E-state index contributed by atoms with van der Waals surface area (Å²) in [7, 11) is 0. The van der Waals surface area contributed by atoms with Crippen LogP contribution in [0.25, 0.3) is 0 Å². The van der Waals surface area contributed by atoms with Gasteiger partial charge in [-0.2, -0.15) is 0 Å². The fourth-order valence-electron chi connectivity index (χ4n) is 0.719. The van der Waals surface area contributed by atoms with Crippen LogP contribution in [0, 0.1) is 0 Å². The van der Waals surface area contributed by atoms with E-state index < -0.39 is 0 Å². The Hall–Kier alpha value is -0.470. The first-order valence-corrected chi connectivity index (χ1v) is 5.07. The van der Waals surface area contributed by atoms with E-state index in [-0.39, 0.29) is 5.38 Å². The van der Waals surface area contributed by atoms with Crippen molar-refractivity contribution >= 4 is 28.9 Å². The molecule has 0 fully saturated rings. The molecule has 0 N–H and O–H groups in total. The minimum absolute atomic E-state index is 0.202. The lowest BCUT2D eigenvalue weighted by Crippen LogP contribution is -1.95. The van der Waals surface area contributed by atoms with Crippen LogP contribution in [0.15, 0.2) is 28.6 Å². The van der Waals surface area contributed by atoms with Gasteiger partial charge in [-0.1, -0.05) is 23.3 Å². The van der Waals surface area contributed by atoms with Crippen molar-refractivity contribution in [3.8, 4) is 0 Å². The van der Waals surface area contributed by atoms with Gasteiger partial charge in [-0.05, 0) is 26.8 Å². The van der Waals surface area contributed by atoms with E-state index in [4.69, 9.17) is 28.0 Å². The summed E-state index contributed by atoms with van der Waals surface area (Å²) in [6.07, 6.45) is 2.28. The predicted octanol–water partition coefficient (Wildman–Crippen LogP) is 4.05. The molecule has 1 atom stereocenters. The number of alkyl halides is 1. The van der Waals surface area contributed by atoms with Crippen LogP contribution < -0.4 is 0 Å². The molecule has 0 bridgehead atoms. The van der Waals surface area contributed by atoms with Gasteiger partial charge in [0.05, 0.1) is 11.1 Å². The molecular formula is C10H15Cl2NO. The van der Waals surface area contributed by atoms with Crippen LogP contribution in [0.4, 0.5) is 0 Å². The largest absolute Gasteiger partial charge is 0.362 e. The Morgan fingerprint density at radius 1 is 1.50 bits per heavy atom. The molecule has 0 aliphatic carbocycles. The quantitative estimate of drug-likeness (QED) is 0.305. The highest BCUT2D eigenvalue weighted by atomic mass is 35.5. The minimum Gasteiger partial charge on any atom is -0.362 e. The van der Waals surface area contributed by atoms with Crippen LogP contribution >= 0.6 is 23.2 Å². The van der Waals surface area contributed by atoms with Crippen molar-refractivity contribution in [2.75, 3.05) is 0 Å². The van der Waals surface area contributed by atoms with Gasteiger partial charge >= 0.3 is 0 Å². The standard InChI is InChI=1S/C10H15Cl2NO/c1-7(2)13-14-9(4)6-10(12)5-8(3)11/h6,10H,3,5H2,1-2,4H3/b9-6+. The summed E-state index contributed by atoms with van der Waals surface area (Å²) in [5.74, 6) is 0.657. The van der Waals surface area contributed by atoms with Crippen molar-refractivity contribution < 1.29 is 4.84 Å². The topological polar surface area (TPSA) is 21.6 Å². The zero-order valence-electron chi connectivity index (χ0n) is 8.68. The summed E-state index contributed by atoms with van der Waals surface area (Å²) in [5, 5.41) is 4.12. The first kappa shape index (κ1) is 13.5. The van der Waals surface area contributed by atoms with E-state index in [1.807, 2.05) is 13.8 Å². The van der Waals surface area contributed by atoms with Gasteiger partial charge in [0, 0.05) is 11.5 Å². The van der Waals surface area contributed by atoms with Crippen molar-refractivity contribution in [2.24, 2.45) is 5.16 Å². The van der Waals surface area contributed by atoms with Crippen molar-refractivity contribution in [3.63, 3.8) is 0 Å². The maximum atomic E-state index is 5.94. The smallest absolute Gasteiger partial charge is 0.129 e. The van der Waals surface area contributed by atoms with Gasteiger partial charge in [0.15, 0.2) is 0 Å². The van der Waals surface area contributed by atoms with E-state index in [1.165, 1.54) is 0 Å². The van der Waals surface area contributed by atoms with Crippen molar-refractivity contribution in [1.82, 2.24) is 0 Å². The normalized spacial score (nSPS) is 13.4. The number of oxime groups is 1. The van der Waals surface area contributed by atoms with E-state index in [2.05, 4.69) is 11.7 Å². The Morgan fingerprint density at radius 2 is 2.07 bits per heavy atom. The van der Waals surface area contributed by atoms with Crippen LogP contribution in [0.2, 0.25) is 0 Å². The van der Waals surface area contributed by atoms with E-state index in [0.717, 1.165) is 5.71 Å².